The maximum absolute atomic E-state index is 12.3. The van der Waals surface area contributed by atoms with Crippen LogP contribution in [0.4, 0.5) is 9.59 Å². The van der Waals surface area contributed by atoms with E-state index in [1.807, 2.05) is 6.07 Å². The van der Waals surface area contributed by atoms with Crippen molar-refractivity contribution < 1.29 is 33.3 Å². The van der Waals surface area contributed by atoms with Gasteiger partial charge in [-0.3, -0.25) is 0 Å². The van der Waals surface area contributed by atoms with Crippen molar-refractivity contribution in [2.24, 2.45) is 0 Å². The molecule has 0 amide bonds. The van der Waals surface area contributed by atoms with Crippen LogP contribution in [0.25, 0.3) is 10.8 Å². The molecule has 0 heterocycles. The number of rotatable bonds is 17. The molecule has 0 saturated carbocycles. The van der Waals surface area contributed by atoms with Gasteiger partial charge in [0.05, 0.1) is 20.3 Å². The molecule has 200 valence electrons. The van der Waals surface area contributed by atoms with Gasteiger partial charge in [0.2, 0.25) is 0 Å². The first-order valence-electron chi connectivity index (χ1n) is 13.4. The predicted molar refractivity (Wildman–Crippen MR) is 141 cm³/mol. The summed E-state index contributed by atoms with van der Waals surface area (Å²) in [5.74, 6) is 0.737. The highest BCUT2D eigenvalue weighted by Crippen LogP contribution is 2.41. The fourth-order valence-electron chi connectivity index (χ4n) is 3.94. The molecule has 0 spiro atoms. The molecule has 0 unspecified atom stereocenters. The van der Waals surface area contributed by atoms with E-state index in [4.69, 9.17) is 23.7 Å². The van der Waals surface area contributed by atoms with Crippen molar-refractivity contribution in [2.45, 2.75) is 90.9 Å². The third kappa shape index (κ3) is 10.3. The van der Waals surface area contributed by atoms with Crippen molar-refractivity contribution in [3.05, 3.63) is 30.3 Å². The summed E-state index contributed by atoms with van der Waals surface area (Å²) in [4.78, 5) is 24.6. The average molecular weight is 503 g/mol. The Hall–Kier alpha value is -2.96. The van der Waals surface area contributed by atoms with E-state index < -0.39 is 12.3 Å². The zero-order chi connectivity index (χ0) is 26.0. The van der Waals surface area contributed by atoms with Gasteiger partial charge in [0.1, 0.15) is 5.75 Å². The Bertz CT molecular complexity index is 925. The first-order chi connectivity index (χ1) is 17.6. The van der Waals surface area contributed by atoms with E-state index in [-0.39, 0.29) is 17.2 Å². The minimum Gasteiger partial charge on any atom is -0.493 e. The Morgan fingerprint density at radius 1 is 0.639 bits per heavy atom. The quantitative estimate of drug-likeness (QED) is 0.122. The van der Waals surface area contributed by atoms with Crippen molar-refractivity contribution in [1.82, 2.24) is 0 Å². The van der Waals surface area contributed by atoms with Crippen LogP contribution in [0.5, 0.6) is 17.2 Å². The van der Waals surface area contributed by atoms with Crippen LogP contribution in [0.15, 0.2) is 30.3 Å². The number of carbonyl (C=O) groups is 2. The lowest BCUT2D eigenvalue weighted by atomic mass is 10.1. The molecule has 0 saturated heterocycles. The van der Waals surface area contributed by atoms with Crippen LogP contribution in [-0.2, 0) is 9.47 Å². The average Bonchev–Trinajstić information content (AvgIpc) is 2.88. The standard InChI is InChI=1S/C29H42O7/c1-4-6-8-10-12-16-20-33-28(30)35-25-22-26(32-3)27(24-19-15-14-18-23(24)25)36-29(31)34-21-17-13-11-9-7-5-2/h14-15,18-19,22H,4-13,16-17,20-21H2,1-3H3. The minimum atomic E-state index is -0.793. The summed E-state index contributed by atoms with van der Waals surface area (Å²) in [6, 6.07) is 8.67. The van der Waals surface area contributed by atoms with Gasteiger partial charge in [-0.1, -0.05) is 102 Å². The van der Waals surface area contributed by atoms with Crippen LogP contribution in [0, 0.1) is 0 Å². The second-order valence-electron chi connectivity index (χ2n) is 8.89. The molecule has 0 aliphatic carbocycles. The van der Waals surface area contributed by atoms with Gasteiger partial charge in [0, 0.05) is 16.8 Å². The summed E-state index contributed by atoms with van der Waals surface area (Å²) in [6.45, 7) is 4.97. The van der Waals surface area contributed by atoms with Crippen molar-refractivity contribution in [3.63, 3.8) is 0 Å². The monoisotopic (exact) mass is 502 g/mol. The fraction of sp³-hybridized carbons (Fsp3) is 0.586. The van der Waals surface area contributed by atoms with Crippen LogP contribution in [0.2, 0.25) is 0 Å². The van der Waals surface area contributed by atoms with Gasteiger partial charge in [-0.15, -0.1) is 0 Å². The molecule has 7 heteroatoms. The third-order valence-corrected chi connectivity index (χ3v) is 5.96. The fourth-order valence-corrected chi connectivity index (χ4v) is 3.94. The predicted octanol–water partition coefficient (Wildman–Crippen LogP) is 8.60. The van der Waals surface area contributed by atoms with Crippen LogP contribution >= 0.6 is 0 Å². The first kappa shape index (κ1) is 29.3. The SMILES string of the molecule is CCCCCCCCOC(=O)Oc1cc(OC)c(OC(=O)OCCCCCCCC)c2ccccc12. The van der Waals surface area contributed by atoms with Gasteiger partial charge in [-0.05, 0) is 12.8 Å². The lowest BCUT2D eigenvalue weighted by Gasteiger charge is -2.15. The third-order valence-electron chi connectivity index (χ3n) is 5.96. The van der Waals surface area contributed by atoms with Gasteiger partial charge in [0.15, 0.2) is 11.5 Å². The van der Waals surface area contributed by atoms with Gasteiger partial charge in [-0.2, -0.15) is 0 Å². The summed E-state index contributed by atoms with van der Waals surface area (Å²) in [5.41, 5.74) is 0. The van der Waals surface area contributed by atoms with E-state index in [2.05, 4.69) is 13.8 Å². The Morgan fingerprint density at radius 3 is 1.69 bits per heavy atom. The van der Waals surface area contributed by atoms with E-state index >= 15 is 0 Å². The molecular weight excluding hydrogens is 460 g/mol. The molecular formula is C29H42O7. The first-order valence-corrected chi connectivity index (χ1v) is 13.4. The van der Waals surface area contributed by atoms with Crippen LogP contribution < -0.4 is 14.2 Å². The van der Waals surface area contributed by atoms with E-state index in [1.165, 1.54) is 51.7 Å². The zero-order valence-corrected chi connectivity index (χ0v) is 22.1. The molecule has 36 heavy (non-hydrogen) atoms. The van der Waals surface area contributed by atoms with E-state index in [0.29, 0.717) is 24.0 Å². The van der Waals surface area contributed by atoms with Crippen molar-refractivity contribution in [3.8, 4) is 17.2 Å². The molecule has 0 aliphatic rings. The van der Waals surface area contributed by atoms with Crippen LogP contribution in [0.3, 0.4) is 0 Å². The van der Waals surface area contributed by atoms with E-state index in [1.54, 1.807) is 18.2 Å². The van der Waals surface area contributed by atoms with E-state index in [0.717, 1.165) is 38.5 Å². The van der Waals surface area contributed by atoms with Crippen molar-refractivity contribution >= 4 is 23.1 Å². The topological polar surface area (TPSA) is 80.3 Å². The number of hydrogen-bond donors (Lipinski definition) is 0. The number of benzene rings is 2. The number of fused-ring (bicyclic) bond motifs is 1. The highest BCUT2D eigenvalue weighted by molar-refractivity contribution is 5.97. The molecule has 0 fully saturated rings. The maximum atomic E-state index is 12.3. The van der Waals surface area contributed by atoms with Crippen molar-refractivity contribution in [1.29, 1.82) is 0 Å². The Balaban J connectivity index is 1.96. The zero-order valence-electron chi connectivity index (χ0n) is 22.1. The summed E-state index contributed by atoms with van der Waals surface area (Å²) in [6.07, 6.45) is 11.6. The van der Waals surface area contributed by atoms with Gasteiger partial charge in [0.25, 0.3) is 0 Å². The van der Waals surface area contributed by atoms with Gasteiger partial charge in [-0.25, -0.2) is 9.59 Å². The van der Waals surface area contributed by atoms with Crippen molar-refractivity contribution in [2.75, 3.05) is 20.3 Å². The molecule has 0 radical (unpaired) electrons. The number of ether oxygens (including phenoxy) is 5. The summed E-state index contributed by atoms with van der Waals surface area (Å²) < 4.78 is 26.9. The van der Waals surface area contributed by atoms with E-state index in [9.17, 15) is 9.59 Å². The minimum absolute atomic E-state index is 0.217. The molecule has 0 aliphatic heterocycles. The maximum Gasteiger partial charge on any atom is 0.513 e. The summed E-state index contributed by atoms with van der Waals surface area (Å²) in [7, 11) is 1.46. The molecule has 0 atom stereocenters. The Labute approximate surface area is 215 Å². The second-order valence-corrected chi connectivity index (χ2v) is 8.89. The Morgan fingerprint density at radius 2 is 1.14 bits per heavy atom. The number of unbranched alkanes of at least 4 members (excludes halogenated alkanes) is 10. The lowest BCUT2D eigenvalue weighted by Crippen LogP contribution is -2.14. The number of methoxy groups -OCH3 is 1. The van der Waals surface area contributed by atoms with Gasteiger partial charge < -0.3 is 23.7 Å². The largest absolute Gasteiger partial charge is 0.513 e. The molecule has 0 bridgehead atoms. The molecule has 2 aromatic rings. The number of hydrogen-bond acceptors (Lipinski definition) is 7. The van der Waals surface area contributed by atoms with Gasteiger partial charge >= 0.3 is 12.3 Å². The lowest BCUT2D eigenvalue weighted by molar-refractivity contribution is 0.0949. The highest BCUT2D eigenvalue weighted by atomic mass is 16.7. The Kier molecular flexibility index (Phi) is 14.2. The summed E-state index contributed by atoms with van der Waals surface area (Å²) >= 11 is 0. The second kappa shape index (κ2) is 17.5. The summed E-state index contributed by atoms with van der Waals surface area (Å²) in [5, 5.41) is 1.15. The highest BCUT2D eigenvalue weighted by Gasteiger charge is 2.20. The number of carbonyl (C=O) groups excluding carboxylic acids is 2. The molecule has 0 aromatic heterocycles. The smallest absolute Gasteiger partial charge is 0.493 e. The molecule has 2 rings (SSSR count). The van der Waals surface area contributed by atoms with Crippen LogP contribution in [0.1, 0.15) is 90.9 Å². The molecule has 2 aromatic carbocycles. The normalized spacial score (nSPS) is 10.8. The molecule has 7 nitrogen and oxygen atoms in total. The molecule has 0 N–H and O–H groups in total. The van der Waals surface area contributed by atoms with Crippen LogP contribution in [-0.4, -0.2) is 32.6 Å².